The molecule has 0 bridgehead atoms. The van der Waals surface area contributed by atoms with E-state index in [9.17, 15) is 0 Å². The van der Waals surface area contributed by atoms with E-state index in [1.54, 1.807) is 0 Å². The molecule has 1 unspecified atom stereocenters. The molecule has 6 heteroatoms. The predicted molar refractivity (Wildman–Crippen MR) is 79.6 cm³/mol. The van der Waals surface area contributed by atoms with Gasteiger partial charge in [0.1, 0.15) is 0 Å². The molecule has 108 valence electrons. The molecule has 0 amide bonds. The Morgan fingerprint density at radius 2 is 2.00 bits per heavy atom. The Labute approximate surface area is 124 Å². The minimum absolute atomic E-state index is 0.00884. The van der Waals surface area contributed by atoms with E-state index in [2.05, 4.69) is 34.7 Å². The fraction of sp³-hybridized carbons (Fsp3) is 0.500. The van der Waals surface area contributed by atoms with Gasteiger partial charge >= 0.3 is 0 Å². The largest absolute Gasteiger partial charge is 0.310 e. The van der Waals surface area contributed by atoms with Crippen LogP contribution in [0, 0.1) is 5.92 Å². The molecule has 0 aliphatic heterocycles. The standard InChI is InChI=1S/C14H20ClN5/c1-10(2)8-16-9-14-17-18-19-20(14)11(3)12-6-4-5-7-13(12)15/h4-7,10-11,16H,8-9H2,1-3H3. The van der Waals surface area contributed by atoms with Gasteiger partial charge in [-0.3, -0.25) is 0 Å². The molecule has 0 fully saturated rings. The number of nitrogens with one attached hydrogen (secondary N) is 1. The maximum Gasteiger partial charge on any atom is 0.165 e. The van der Waals surface area contributed by atoms with Crippen molar-refractivity contribution < 1.29 is 0 Å². The summed E-state index contributed by atoms with van der Waals surface area (Å²) >= 11 is 6.24. The first-order valence-corrected chi connectivity index (χ1v) is 7.19. The Balaban J connectivity index is 2.13. The summed E-state index contributed by atoms with van der Waals surface area (Å²) < 4.78 is 1.81. The quantitative estimate of drug-likeness (QED) is 0.890. The van der Waals surface area contributed by atoms with Crippen LogP contribution in [0.25, 0.3) is 0 Å². The first kappa shape index (κ1) is 14.9. The van der Waals surface area contributed by atoms with E-state index < -0.39 is 0 Å². The SMILES string of the molecule is CC(C)CNCc1nnnn1C(C)c1ccccc1Cl. The molecule has 0 radical (unpaired) electrons. The molecule has 20 heavy (non-hydrogen) atoms. The number of rotatable bonds is 6. The van der Waals surface area contributed by atoms with E-state index in [0.29, 0.717) is 12.5 Å². The molecule has 0 spiro atoms. The highest BCUT2D eigenvalue weighted by Crippen LogP contribution is 2.25. The van der Waals surface area contributed by atoms with Crippen molar-refractivity contribution in [1.82, 2.24) is 25.5 Å². The van der Waals surface area contributed by atoms with Crippen molar-refractivity contribution in [3.05, 3.63) is 40.7 Å². The van der Waals surface area contributed by atoms with E-state index >= 15 is 0 Å². The molecule has 0 saturated heterocycles. The zero-order valence-electron chi connectivity index (χ0n) is 12.0. The normalized spacial score (nSPS) is 12.8. The van der Waals surface area contributed by atoms with Gasteiger partial charge < -0.3 is 5.32 Å². The molecule has 2 aromatic rings. The van der Waals surface area contributed by atoms with Crippen LogP contribution < -0.4 is 5.32 Å². The Morgan fingerprint density at radius 3 is 2.70 bits per heavy atom. The third-order valence-electron chi connectivity index (χ3n) is 3.12. The lowest BCUT2D eigenvalue weighted by atomic mass is 10.1. The molecule has 1 heterocycles. The maximum absolute atomic E-state index is 6.24. The Kier molecular flexibility index (Phi) is 5.09. The summed E-state index contributed by atoms with van der Waals surface area (Å²) in [6.45, 7) is 7.97. The minimum atomic E-state index is 0.00884. The van der Waals surface area contributed by atoms with Gasteiger partial charge in [-0.1, -0.05) is 43.6 Å². The first-order chi connectivity index (χ1) is 9.59. The lowest BCUT2D eigenvalue weighted by molar-refractivity contribution is 0.488. The highest BCUT2D eigenvalue weighted by atomic mass is 35.5. The van der Waals surface area contributed by atoms with E-state index in [1.165, 1.54) is 0 Å². The molecule has 0 saturated carbocycles. The second-order valence-corrected chi connectivity index (χ2v) is 5.67. The molecule has 2 rings (SSSR count). The lowest BCUT2D eigenvalue weighted by Crippen LogP contribution is -2.23. The van der Waals surface area contributed by atoms with Crippen molar-refractivity contribution in [2.45, 2.75) is 33.4 Å². The highest BCUT2D eigenvalue weighted by Gasteiger charge is 2.16. The third-order valence-corrected chi connectivity index (χ3v) is 3.46. The molecular weight excluding hydrogens is 274 g/mol. The Morgan fingerprint density at radius 1 is 1.25 bits per heavy atom. The second-order valence-electron chi connectivity index (χ2n) is 5.26. The number of hydrogen-bond donors (Lipinski definition) is 1. The van der Waals surface area contributed by atoms with Gasteiger partial charge in [0, 0.05) is 5.02 Å². The predicted octanol–water partition coefficient (Wildman–Crippen LogP) is 2.68. The number of nitrogens with zero attached hydrogens (tertiary/aromatic N) is 4. The van der Waals surface area contributed by atoms with Crippen LogP contribution in [0.1, 0.15) is 38.2 Å². The number of benzene rings is 1. The van der Waals surface area contributed by atoms with Crippen molar-refractivity contribution in [1.29, 1.82) is 0 Å². The van der Waals surface area contributed by atoms with Crippen molar-refractivity contribution in [3.63, 3.8) is 0 Å². The van der Waals surface area contributed by atoms with Crippen LogP contribution >= 0.6 is 11.6 Å². The summed E-state index contributed by atoms with van der Waals surface area (Å²) in [6, 6.07) is 7.78. The van der Waals surface area contributed by atoms with Crippen molar-refractivity contribution in [3.8, 4) is 0 Å². The molecule has 1 atom stereocenters. The number of aromatic nitrogens is 4. The topological polar surface area (TPSA) is 55.6 Å². The van der Waals surface area contributed by atoms with Crippen molar-refractivity contribution >= 4 is 11.6 Å². The summed E-state index contributed by atoms with van der Waals surface area (Å²) in [7, 11) is 0. The Hall–Kier alpha value is -1.46. The summed E-state index contributed by atoms with van der Waals surface area (Å²) in [5.41, 5.74) is 1.02. The molecule has 1 aromatic heterocycles. The highest BCUT2D eigenvalue weighted by molar-refractivity contribution is 6.31. The fourth-order valence-corrected chi connectivity index (χ4v) is 2.34. The van der Waals surface area contributed by atoms with Crippen molar-refractivity contribution in [2.75, 3.05) is 6.54 Å². The lowest BCUT2D eigenvalue weighted by Gasteiger charge is -2.15. The smallest absolute Gasteiger partial charge is 0.165 e. The zero-order valence-corrected chi connectivity index (χ0v) is 12.8. The molecule has 5 nitrogen and oxygen atoms in total. The van der Waals surface area contributed by atoms with Crippen LogP contribution in [0.5, 0.6) is 0 Å². The van der Waals surface area contributed by atoms with Crippen LogP contribution in [0.2, 0.25) is 5.02 Å². The summed E-state index contributed by atoms with van der Waals surface area (Å²) in [5, 5.41) is 16.0. The number of tetrazole rings is 1. The fourth-order valence-electron chi connectivity index (χ4n) is 2.05. The number of hydrogen-bond acceptors (Lipinski definition) is 4. The minimum Gasteiger partial charge on any atom is -0.310 e. The summed E-state index contributed by atoms with van der Waals surface area (Å²) in [6.07, 6.45) is 0. The van der Waals surface area contributed by atoms with E-state index in [-0.39, 0.29) is 6.04 Å². The second kappa shape index (κ2) is 6.81. The zero-order chi connectivity index (χ0) is 14.5. The van der Waals surface area contributed by atoms with Crippen LogP contribution in [0.3, 0.4) is 0 Å². The molecule has 1 N–H and O–H groups in total. The maximum atomic E-state index is 6.24. The summed E-state index contributed by atoms with van der Waals surface area (Å²) in [4.78, 5) is 0. The Bertz CT molecular complexity index is 552. The van der Waals surface area contributed by atoms with Gasteiger partial charge in [0.05, 0.1) is 12.6 Å². The van der Waals surface area contributed by atoms with E-state index in [0.717, 1.165) is 23.0 Å². The molecular formula is C14H20ClN5. The average Bonchev–Trinajstić information content (AvgIpc) is 2.86. The molecule has 0 aliphatic carbocycles. The van der Waals surface area contributed by atoms with Gasteiger partial charge in [0.15, 0.2) is 5.82 Å². The monoisotopic (exact) mass is 293 g/mol. The van der Waals surface area contributed by atoms with E-state index in [4.69, 9.17) is 11.6 Å². The van der Waals surface area contributed by atoms with Crippen LogP contribution in [0.4, 0.5) is 0 Å². The molecule has 0 aliphatic rings. The summed E-state index contributed by atoms with van der Waals surface area (Å²) in [5.74, 6) is 1.42. The molecule has 1 aromatic carbocycles. The first-order valence-electron chi connectivity index (χ1n) is 6.81. The van der Waals surface area contributed by atoms with Gasteiger partial charge in [-0.2, -0.15) is 0 Å². The van der Waals surface area contributed by atoms with Gasteiger partial charge in [0.25, 0.3) is 0 Å². The van der Waals surface area contributed by atoms with Gasteiger partial charge in [-0.05, 0) is 41.4 Å². The number of halogens is 1. The van der Waals surface area contributed by atoms with E-state index in [1.807, 2.05) is 35.9 Å². The van der Waals surface area contributed by atoms with Gasteiger partial charge in [0.2, 0.25) is 0 Å². The third kappa shape index (κ3) is 3.55. The van der Waals surface area contributed by atoms with Gasteiger partial charge in [-0.15, -0.1) is 5.10 Å². The van der Waals surface area contributed by atoms with Crippen LogP contribution in [0.15, 0.2) is 24.3 Å². The average molecular weight is 294 g/mol. The van der Waals surface area contributed by atoms with Crippen LogP contribution in [-0.2, 0) is 6.54 Å². The van der Waals surface area contributed by atoms with Crippen LogP contribution in [-0.4, -0.2) is 26.8 Å². The van der Waals surface area contributed by atoms with Gasteiger partial charge in [-0.25, -0.2) is 4.68 Å². The van der Waals surface area contributed by atoms with Crippen molar-refractivity contribution in [2.24, 2.45) is 5.92 Å².